The van der Waals surface area contributed by atoms with Crippen molar-refractivity contribution in [2.75, 3.05) is 11.9 Å². The molecule has 3 rings (SSSR count). The number of thiazole rings is 1. The Balaban J connectivity index is 0.00000385. The largest absolute Gasteiger partial charge is 0.444 e. The van der Waals surface area contributed by atoms with Crippen LogP contribution in [0.1, 0.15) is 50.5 Å². The number of aliphatic hydroxyl groups is 1. The molecule has 0 saturated heterocycles. The molecule has 10 heteroatoms. The summed E-state index contributed by atoms with van der Waals surface area (Å²) >= 11 is 3.02. The smallest absolute Gasteiger partial charge is 0.230 e. The molecule has 0 bridgehead atoms. The molecule has 180 valence electrons. The molecule has 1 unspecified atom stereocenters. The van der Waals surface area contributed by atoms with Crippen LogP contribution in [0.5, 0.6) is 0 Å². The number of rotatable bonds is 10. The Morgan fingerprint density at radius 3 is 2.52 bits per heavy atom. The fourth-order valence-electron chi connectivity index (χ4n) is 2.72. The van der Waals surface area contributed by atoms with E-state index in [-0.39, 0.29) is 42.8 Å². The van der Waals surface area contributed by atoms with E-state index in [4.69, 9.17) is 9.52 Å². The normalized spacial score (nSPS) is 12.3. The average molecular weight is 511 g/mol. The molecule has 3 aromatic rings. The van der Waals surface area contributed by atoms with E-state index in [0.717, 1.165) is 21.1 Å². The molecule has 2 aromatic heterocycles. The second kappa shape index (κ2) is 12.5. The standard InChI is InChI=1S/C23H30N4O3S2.ClH/c1-15(13-28)24-10-17-7-5-16(6-8-17)9-19(29)27-22-26-12-21(32-22)31-14-20-25-11-18(30-20)23(2,3)4;/h5-8,11-12,15,24,28H,9-10,13-14H2,1-4H3,(H,26,27,29);1H. The Bertz CT molecular complexity index is 1020. The summed E-state index contributed by atoms with van der Waals surface area (Å²) < 4.78 is 6.81. The molecule has 1 atom stereocenters. The predicted octanol–water partition coefficient (Wildman–Crippen LogP) is 4.79. The van der Waals surface area contributed by atoms with E-state index in [0.29, 0.717) is 23.3 Å². The van der Waals surface area contributed by atoms with Crippen molar-refractivity contribution in [2.24, 2.45) is 0 Å². The lowest BCUT2D eigenvalue weighted by molar-refractivity contribution is -0.115. The van der Waals surface area contributed by atoms with Gasteiger partial charge in [-0.05, 0) is 18.1 Å². The molecule has 0 radical (unpaired) electrons. The molecule has 0 spiro atoms. The first-order valence-electron chi connectivity index (χ1n) is 10.5. The molecule has 0 aliphatic heterocycles. The van der Waals surface area contributed by atoms with Gasteiger partial charge in [0.25, 0.3) is 0 Å². The first kappa shape index (κ1) is 27.3. The van der Waals surface area contributed by atoms with Gasteiger partial charge >= 0.3 is 0 Å². The van der Waals surface area contributed by atoms with Gasteiger partial charge in [0, 0.05) is 18.0 Å². The maximum Gasteiger partial charge on any atom is 0.230 e. The molecule has 1 aromatic carbocycles. The van der Waals surface area contributed by atoms with Crippen LogP contribution in [0.25, 0.3) is 0 Å². The van der Waals surface area contributed by atoms with Crippen LogP contribution in [-0.4, -0.2) is 33.6 Å². The zero-order valence-electron chi connectivity index (χ0n) is 19.3. The van der Waals surface area contributed by atoms with Gasteiger partial charge in [0.1, 0.15) is 5.76 Å². The number of aromatic nitrogens is 2. The number of carbonyl (C=O) groups excluding carboxylic acids is 1. The molecule has 3 N–H and O–H groups in total. The van der Waals surface area contributed by atoms with Crippen molar-refractivity contribution in [3.63, 3.8) is 0 Å². The summed E-state index contributed by atoms with van der Waals surface area (Å²) in [5.41, 5.74) is 1.98. The molecule has 0 saturated carbocycles. The Morgan fingerprint density at radius 2 is 1.88 bits per heavy atom. The number of hydrogen-bond acceptors (Lipinski definition) is 8. The fourth-order valence-corrected chi connectivity index (χ4v) is 4.46. The molecule has 7 nitrogen and oxygen atoms in total. The molecular weight excluding hydrogens is 480 g/mol. The van der Waals surface area contributed by atoms with Crippen molar-refractivity contribution in [1.29, 1.82) is 0 Å². The number of anilines is 1. The van der Waals surface area contributed by atoms with Crippen LogP contribution in [0.4, 0.5) is 5.13 Å². The maximum atomic E-state index is 12.4. The number of aliphatic hydroxyl groups excluding tert-OH is 1. The molecule has 0 aliphatic carbocycles. The highest BCUT2D eigenvalue weighted by atomic mass is 35.5. The van der Waals surface area contributed by atoms with Gasteiger partial charge < -0.3 is 20.2 Å². The van der Waals surface area contributed by atoms with Gasteiger partial charge in [-0.1, -0.05) is 56.4 Å². The minimum absolute atomic E-state index is 0. The lowest BCUT2D eigenvalue weighted by Crippen LogP contribution is -2.28. The highest BCUT2D eigenvalue weighted by Crippen LogP contribution is 2.31. The van der Waals surface area contributed by atoms with Crippen LogP contribution in [0.2, 0.25) is 0 Å². The van der Waals surface area contributed by atoms with Crippen LogP contribution in [0, 0.1) is 0 Å². The summed E-state index contributed by atoms with van der Waals surface area (Å²) in [5.74, 6) is 2.07. The molecular formula is C23H31ClN4O3S2. The van der Waals surface area contributed by atoms with Crippen molar-refractivity contribution in [3.05, 3.63) is 59.4 Å². The summed E-state index contributed by atoms with van der Waals surface area (Å²) in [5, 5.41) is 15.7. The summed E-state index contributed by atoms with van der Waals surface area (Å²) in [6, 6.07) is 7.94. The molecule has 2 heterocycles. The van der Waals surface area contributed by atoms with Crippen molar-refractivity contribution < 1.29 is 14.3 Å². The molecule has 0 aliphatic rings. The van der Waals surface area contributed by atoms with Crippen molar-refractivity contribution in [3.8, 4) is 0 Å². The van der Waals surface area contributed by atoms with E-state index in [9.17, 15) is 4.79 Å². The van der Waals surface area contributed by atoms with Crippen LogP contribution in [-0.2, 0) is 28.9 Å². The lowest BCUT2D eigenvalue weighted by Gasteiger charge is -2.12. The Labute approximate surface area is 209 Å². The lowest BCUT2D eigenvalue weighted by atomic mass is 9.94. The first-order valence-corrected chi connectivity index (χ1v) is 12.3. The monoisotopic (exact) mass is 510 g/mol. The number of halogens is 1. The molecule has 1 amide bonds. The van der Waals surface area contributed by atoms with E-state index < -0.39 is 0 Å². The number of thioether (sulfide) groups is 1. The second-order valence-electron chi connectivity index (χ2n) is 8.65. The fraction of sp³-hybridized carbons (Fsp3) is 0.435. The van der Waals surface area contributed by atoms with Gasteiger partial charge in [-0.3, -0.25) is 4.79 Å². The van der Waals surface area contributed by atoms with Gasteiger partial charge in [0.2, 0.25) is 11.8 Å². The highest BCUT2D eigenvalue weighted by Gasteiger charge is 2.19. The van der Waals surface area contributed by atoms with Crippen molar-refractivity contribution in [2.45, 2.75) is 62.1 Å². The summed E-state index contributed by atoms with van der Waals surface area (Å²) in [6.07, 6.45) is 3.83. The minimum atomic E-state index is -0.0989. The van der Waals surface area contributed by atoms with Gasteiger partial charge in [0.05, 0.1) is 35.4 Å². The Hall–Kier alpha value is -1.91. The van der Waals surface area contributed by atoms with Gasteiger partial charge in [0.15, 0.2) is 5.13 Å². The van der Waals surface area contributed by atoms with Crippen molar-refractivity contribution >= 4 is 46.5 Å². The van der Waals surface area contributed by atoms with Crippen LogP contribution < -0.4 is 10.6 Å². The second-order valence-corrected chi connectivity index (χ2v) is 11.0. The Morgan fingerprint density at radius 1 is 1.18 bits per heavy atom. The van der Waals surface area contributed by atoms with Crippen LogP contribution in [0.15, 0.2) is 45.3 Å². The zero-order chi connectivity index (χ0) is 23.1. The predicted molar refractivity (Wildman–Crippen MR) is 136 cm³/mol. The number of amides is 1. The number of nitrogens with zero attached hydrogens (tertiary/aromatic N) is 2. The van der Waals surface area contributed by atoms with E-state index in [1.807, 2.05) is 31.2 Å². The van der Waals surface area contributed by atoms with E-state index >= 15 is 0 Å². The van der Waals surface area contributed by atoms with Crippen LogP contribution >= 0.6 is 35.5 Å². The SMILES string of the molecule is CC(CO)NCc1ccc(CC(=O)Nc2ncc(SCc3ncc(C(C)(C)C)o3)s2)cc1.Cl. The van der Waals surface area contributed by atoms with Crippen molar-refractivity contribution in [1.82, 2.24) is 15.3 Å². The van der Waals surface area contributed by atoms with Gasteiger partial charge in [-0.2, -0.15) is 0 Å². The summed E-state index contributed by atoms with van der Waals surface area (Å²) in [6.45, 7) is 8.99. The van der Waals surface area contributed by atoms with E-state index in [1.54, 1.807) is 24.2 Å². The number of benzene rings is 1. The Kier molecular flexibility index (Phi) is 10.4. The molecule has 0 fully saturated rings. The third kappa shape index (κ3) is 8.75. The zero-order valence-corrected chi connectivity index (χ0v) is 21.7. The number of nitrogens with one attached hydrogen (secondary N) is 2. The summed E-state index contributed by atoms with van der Waals surface area (Å²) in [4.78, 5) is 21.0. The quantitative estimate of drug-likeness (QED) is 0.337. The third-order valence-electron chi connectivity index (χ3n) is 4.68. The topological polar surface area (TPSA) is 100 Å². The first-order chi connectivity index (χ1) is 15.2. The highest BCUT2D eigenvalue weighted by molar-refractivity contribution is 8.00. The average Bonchev–Trinajstić information content (AvgIpc) is 3.40. The molecule has 33 heavy (non-hydrogen) atoms. The van der Waals surface area contributed by atoms with Gasteiger partial charge in [-0.25, -0.2) is 9.97 Å². The number of oxazole rings is 1. The third-order valence-corrected chi connectivity index (χ3v) is 6.77. The maximum absolute atomic E-state index is 12.4. The minimum Gasteiger partial charge on any atom is -0.444 e. The number of carbonyl (C=O) groups is 1. The number of hydrogen-bond donors (Lipinski definition) is 3. The van der Waals surface area contributed by atoms with E-state index in [1.165, 1.54) is 11.3 Å². The summed E-state index contributed by atoms with van der Waals surface area (Å²) in [7, 11) is 0. The van der Waals surface area contributed by atoms with Gasteiger partial charge in [-0.15, -0.1) is 24.2 Å². The van der Waals surface area contributed by atoms with Crippen LogP contribution in [0.3, 0.4) is 0 Å². The van der Waals surface area contributed by atoms with E-state index in [2.05, 4.69) is 41.4 Å².